The van der Waals surface area contributed by atoms with Crippen molar-refractivity contribution < 1.29 is 19.4 Å². The van der Waals surface area contributed by atoms with Crippen molar-refractivity contribution in [3.8, 4) is 11.5 Å². The number of benzene rings is 1. The summed E-state index contributed by atoms with van der Waals surface area (Å²) < 4.78 is 11.1. The van der Waals surface area contributed by atoms with Crippen LogP contribution in [0.1, 0.15) is 29.6 Å². The summed E-state index contributed by atoms with van der Waals surface area (Å²) in [7, 11) is 0. The van der Waals surface area contributed by atoms with E-state index >= 15 is 0 Å². The molecule has 3 aliphatic rings. The Labute approximate surface area is 141 Å². The molecule has 0 radical (unpaired) electrons. The second kappa shape index (κ2) is 6.61. The molecule has 0 spiro atoms. The molecule has 1 aromatic carbocycles. The molecule has 0 bridgehead atoms. The van der Waals surface area contributed by atoms with Crippen LogP contribution in [0.4, 0.5) is 0 Å². The van der Waals surface area contributed by atoms with Crippen molar-refractivity contribution in [2.45, 2.75) is 31.4 Å². The minimum absolute atomic E-state index is 0.0404. The van der Waals surface area contributed by atoms with Gasteiger partial charge in [-0.3, -0.25) is 9.69 Å². The van der Waals surface area contributed by atoms with Gasteiger partial charge in [-0.05, 0) is 37.5 Å². The largest absolute Gasteiger partial charge is 0.486 e. The molecule has 1 aliphatic carbocycles. The van der Waals surface area contributed by atoms with Crippen LogP contribution in [0.3, 0.4) is 0 Å². The summed E-state index contributed by atoms with van der Waals surface area (Å²) in [4.78, 5) is 17.0. The summed E-state index contributed by atoms with van der Waals surface area (Å²) in [5.41, 5.74) is 0.647. The van der Waals surface area contributed by atoms with Gasteiger partial charge in [0.1, 0.15) is 13.2 Å². The number of piperazine rings is 1. The van der Waals surface area contributed by atoms with Crippen LogP contribution in [0, 0.1) is 0 Å². The average molecular weight is 332 g/mol. The lowest BCUT2D eigenvalue weighted by Crippen LogP contribution is -2.53. The Morgan fingerprint density at radius 2 is 1.79 bits per heavy atom. The SMILES string of the molecule is O=C(c1ccc2c(c1)OCCO2)N1CCN([C@H]2CCC[C@@H]2O)CC1. The molecule has 1 aromatic rings. The third kappa shape index (κ3) is 2.96. The number of aliphatic hydroxyl groups is 1. The molecule has 2 aliphatic heterocycles. The van der Waals surface area contributed by atoms with Crippen LogP contribution >= 0.6 is 0 Å². The third-order valence-corrected chi connectivity index (χ3v) is 5.30. The molecular formula is C18H24N2O4. The van der Waals surface area contributed by atoms with E-state index in [1.807, 2.05) is 17.0 Å². The topological polar surface area (TPSA) is 62.2 Å². The van der Waals surface area contributed by atoms with Gasteiger partial charge >= 0.3 is 0 Å². The molecule has 24 heavy (non-hydrogen) atoms. The number of rotatable bonds is 2. The Kier molecular flexibility index (Phi) is 4.33. The normalized spacial score (nSPS) is 27.3. The van der Waals surface area contributed by atoms with Gasteiger partial charge in [-0.15, -0.1) is 0 Å². The first-order chi connectivity index (χ1) is 11.7. The monoisotopic (exact) mass is 332 g/mol. The summed E-state index contributed by atoms with van der Waals surface area (Å²) in [5.74, 6) is 1.40. The lowest BCUT2D eigenvalue weighted by Gasteiger charge is -2.39. The van der Waals surface area contributed by atoms with E-state index in [9.17, 15) is 9.90 Å². The predicted octanol–water partition coefficient (Wildman–Crippen LogP) is 1.13. The van der Waals surface area contributed by atoms with Crippen molar-refractivity contribution >= 4 is 5.91 Å². The van der Waals surface area contributed by atoms with Gasteiger partial charge in [-0.2, -0.15) is 0 Å². The minimum Gasteiger partial charge on any atom is -0.486 e. The van der Waals surface area contributed by atoms with Crippen LogP contribution < -0.4 is 9.47 Å². The van der Waals surface area contributed by atoms with Gasteiger partial charge < -0.3 is 19.5 Å². The van der Waals surface area contributed by atoms with Gasteiger partial charge in [0.05, 0.1) is 6.10 Å². The maximum atomic E-state index is 12.7. The third-order valence-electron chi connectivity index (χ3n) is 5.30. The molecule has 4 rings (SSSR count). The summed E-state index contributed by atoms with van der Waals surface area (Å²) in [6.45, 7) is 4.14. The number of carbonyl (C=O) groups excluding carboxylic acids is 1. The summed E-state index contributed by atoms with van der Waals surface area (Å²) in [6.07, 6.45) is 2.87. The van der Waals surface area contributed by atoms with Crippen molar-refractivity contribution in [1.29, 1.82) is 0 Å². The van der Waals surface area contributed by atoms with Crippen molar-refractivity contribution in [2.24, 2.45) is 0 Å². The Morgan fingerprint density at radius 3 is 2.50 bits per heavy atom. The van der Waals surface area contributed by atoms with Crippen molar-refractivity contribution in [3.05, 3.63) is 23.8 Å². The van der Waals surface area contributed by atoms with Crippen LogP contribution in [0.2, 0.25) is 0 Å². The maximum absolute atomic E-state index is 12.7. The number of fused-ring (bicyclic) bond motifs is 1. The molecule has 6 nitrogen and oxygen atoms in total. The van der Waals surface area contributed by atoms with Crippen LogP contribution in [0.5, 0.6) is 11.5 Å². The minimum atomic E-state index is -0.204. The standard InChI is InChI=1S/C18H24N2O4/c21-15-3-1-2-14(15)19-6-8-20(9-7-19)18(22)13-4-5-16-17(12-13)24-11-10-23-16/h4-5,12,14-15,21H,1-3,6-11H2/t14-,15-/m0/s1. The molecule has 1 amide bonds. The molecule has 0 aromatic heterocycles. The quantitative estimate of drug-likeness (QED) is 0.880. The van der Waals surface area contributed by atoms with Crippen LogP contribution in [-0.2, 0) is 0 Å². The summed E-state index contributed by atoms with van der Waals surface area (Å²) >= 11 is 0. The lowest BCUT2D eigenvalue weighted by atomic mass is 10.1. The zero-order valence-corrected chi connectivity index (χ0v) is 13.8. The Bertz CT molecular complexity index is 613. The zero-order valence-electron chi connectivity index (χ0n) is 13.8. The number of amides is 1. The number of nitrogens with zero attached hydrogens (tertiary/aromatic N) is 2. The van der Waals surface area contributed by atoms with E-state index in [4.69, 9.17) is 9.47 Å². The summed E-state index contributed by atoms with van der Waals surface area (Å²) in [5, 5.41) is 10.1. The van der Waals surface area contributed by atoms with E-state index in [1.165, 1.54) is 0 Å². The first kappa shape index (κ1) is 15.7. The first-order valence-electron chi connectivity index (χ1n) is 8.83. The molecule has 2 heterocycles. The fourth-order valence-electron chi connectivity index (χ4n) is 3.96. The lowest BCUT2D eigenvalue weighted by molar-refractivity contribution is 0.0315. The van der Waals surface area contributed by atoms with Gasteiger partial charge in [-0.25, -0.2) is 0 Å². The highest BCUT2D eigenvalue weighted by Crippen LogP contribution is 2.31. The second-order valence-corrected chi connectivity index (χ2v) is 6.75. The van der Waals surface area contributed by atoms with Gasteiger partial charge in [0.2, 0.25) is 0 Å². The molecule has 1 N–H and O–H groups in total. The molecular weight excluding hydrogens is 308 g/mol. The van der Waals surface area contributed by atoms with Gasteiger partial charge in [-0.1, -0.05) is 0 Å². The zero-order chi connectivity index (χ0) is 16.5. The number of carbonyl (C=O) groups is 1. The van der Waals surface area contributed by atoms with E-state index in [0.29, 0.717) is 43.4 Å². The van der Waals surface area contributed by atoms with E-state index < -0.39 is 0 Å². The number of hydrogen-bond donors (Lipinski definition) is 1. The highest BCUT2D eigenvalue weighted by atomic mass is 16.6. The van der Waals surface area contributed by atoms with E-state index in [0.717, 1.165) is 32.4 Å². The molecule has 2 atom stereocenters. The van der Waals surface area contributed by atoms with Crippen LogP contribution in [0.25, 0.3) is 0 Å². The van der Waals surface area contributed by atoms with Gasteiger partial charge in [0.25, 0.3) is 5.91 Å². The van der Waals surface area contributed by atoms with Crippen molar-refractivity contribution in [1.82, 2.24) is 9.80 Å². The highest BCUT2D eigenvalue weighted by molar-refractivity contribution is 5.95. The predicted molar refractivity (Wildman–Crippen MR) is 88.6 cm³/mol. The fourth-order valence-corrected chi connectivity index (χ4v) is 3.96. The molecule has 1 saturated heterocycles. The maximum Gasteiger partial charge on any atom is 0.254 e. The molecule has 6 heteroatoms. The Hall–Kier alpha value is -1.79. The van der Waals surface area contributed by atoms with E-state index in [2.05, 4.69) is 4.90 Å². The van der Waals surface area contributed by atoms with Crippen molar-refractivity contribution in [2.75, 3.05) is 39.4 Å². The highest BCUT2D eigenvalue weighted by Gasteiger charge is 2.33. The molecule has 0 unspecified atom stereocenters. The van der Waals surface area contributed by atoms with Crippen LogP contribution in [0.15, 0.2) is 18.2 Å². The summed E-state index contributed by atoms with van der Waals surface area (Å²) in [6, 6.07) is 5.68. The molecule has 130 valence electrons. The van der Waals surface area contributed by atoms with Gasteiger partial charge in [0.15, 0.2) is 11.5 Å². The Morgan fingerprint density at radius 1 is 1.04 bits per heavy atom. The number of aliphatic hydroxyl groups excluding tert-OH is 1. The van der Waals surface area contributed by atoms with E-state index in [1.54, 1.807) is 6.07 Å². The van der Waals surface area contributed by atoms with Gasteiger partial charge in [0, 0.05) is 37.8 Å². The number of ether oxygens (including phenoxy) is 2. The second-order valence-electron chi connectivity index (χ2n) is 6.75. The van der Waals surface area contributed by atoms with E-state index in [-0.39, 0.29) is 18.1 Å². The van der Waals surface area contributed by atoms with Crippen LogP contribution in [-0.4, -0.2) is 72.4 Å². The first-order valence-corrected chi connectivity index (χ1v) is 8.83. The van der Waals surface area contributed by atoms with Crippen molar-refractivity contribution in [3.63, 3.8) is 0 Å². The molecule has 1 saturated carbocycles. The Balaban J connectivity index is 1.39. The average Bonchev–Trinajstić information content (AvgIpc) is 3.07. The number of hydrogen-bond acceptors (Lipinski definition) is 5. The smallest absolute Gasteiger partial charge is 0.254 e. The fraction of sp³-hybridized carbons (Fsp3) is 0.611. The molecule has 2 fully saturated rings.